The molecule has 1 aromatic carbocycles. The number of aliphatic carboxylic acids is 1. The van der Waals surface area contributed by atoms with Crippen LogP contribution >= 0.6 is 0 Å². The maximum atomic E-state index is 13.8. The zero-order valence-corrected chi connectivity index (χ0v) is 11.0. The Labute approximate surface area is 115 Å². The Balaban J connectivity index is 2.40. The summed E-state index contributed by atoms with van der Waals surface area (Å²) in [4.78, 5) is 10.9. The molecule has 2 aromatic rings. The fourth-order valence-electron chi connectivity index (χ4n) is 2.11. The van der Waals surface area contributed by atoms with Crippen LogP contribution in [0.5, 0.6) is 0 Å². The summed E-state index contributed by atoms with van der Waals surface area (Å²) in [6.45, 7) is 1.95. The van der Waals surface area contributed by atoms with Gasteiger partial charge in [-0.3, -0.25) is 4.79 Å². The smallest absolute Gasteiger partial charge is 0.305 e. The van der Waals surface area contributed by atoms with Crippen molar-refractivity contribution in [3.05, 3.63) is 30.1 Å². The lowest BCUT2D eigenvalue weighted by molar-refractivity contribution is -0.138. The van der Waals surface area contributed by atoms with E-state index in [-0.39, 0.29) is 23.9 Å². The number of halogens is 1. The summed E-state index contributed by atoms with van der Waals surface area (Å²) < 4.78 is 15.2. The maximum absolute atomic E-state index is 13.8. The average molecular weight is 278 g/mol. The minimum atomic E-state index is -0.932. The maximum Gasteiger partial charge on any atom is 0.305 e. The summed E-state index contributed by atoms with van der Waals surface area (Å²) in [7, 11) is 0. The van der Waals surface area contributed by atoms with Crippen molar-refractivity contribution in [1.29, 1.82) is 0 Å². The molecule has 0 aliphatic carbocycles. The quantitative estimate of drug-likeness (QED) is 0.876. The van der Waals surface area contributed by atoms with Gasteiger partial charge >= 0.3 is 5.97 Å². The van der Waals surface area contributed by atoms with E-state index in [9.17, 15) is 9.18 Å². The van der Waals surface area contributed by atoms with E-state index in [0.717, 1.165) is 6.42 Å². The lowest BCUT2D eigenvalue weighted by atomic mass is 10.1. The summed E-state index contributed by atoms with van der Waals surface area (Å²) in [5.41, 5.74) is 0.268. The number of hydrogen-bond acceptors (Lipinski definition) is 4. The number of carboxylic acids is 1. The van der Waals surface area contributed by atoms with Crippen LogP contribution in [0.25, 0.3) is 11.4 Å². The van der Waals surface area contributed by atoms with Gasteiger partial charge in [-0.25, -0.2) is 9.07 Å². The normalized spacial score (nSPS) is 12.3. The van der Waals surface area contributed by atoms with Gasteiger partial charge in [0.1, 0.15) is 5.82 Å². The predicted molar refractivity (Wildman–Crippen MR) is 69.4 cm³/mol. The second kappa shape index (κ2) is 6.23. The number of rotatable bonds is 6. The van der Waals surface area contributed by atoms with Crippen LogP contribution in [0, 0.1) is 5.82 Å². The molecule has 1 N–H and O–H groups in total. The lowest BCUT2D eigenvalue weighted by Gasteiger charge is -2.15. The number of hydrogen-bond donors (Lipinski definition) is 1. The number of nitrogens with zero attached hydrogens (tertiary/aromatic N) is 4. The van der Waals surface area contributed by atoms with Crippen molar-refractivity contribution in [2.24, 2.45) is 0 Å². The Kier molecular flexibility index (Phi) is 4.39. The van der Waals surface area contributed by atoms with Crippen LogP contribution in [-0.4, -0.2) is 31.3 Å². The molecule has 0 radical (unpaired) electrons. The largest absolute Gasteiger partial charge is 0.481 e. The first-order valence-corrected chi connectivity index (χ1v) is 6.38. The van der Waals surface area contributed by atoms with Crippen molar-refractivity contribution in [2.45, 2.75) is 32.2 Å². The minimum absolute atomic E-state index is 0.0969. The third-order valence-electron chi connectivity index (χ3n) is 2.99. The standard InChI is InChI=1S/C13H15FN4O2/c1-2-5-9(8-12(19)20)18-13(15-16-17-18)10-6-3-4-7-11(10)14/h3-4,6-7,9H,2,5,8H2,1H3,(H,19,20). The van der Waals surface area contributed by atoms with E-state index in [1.165, 1.54) is 10.7 Å². The van der Waals surface area contributed by atoms with E-state index in [4.69, 9.17) is 5.11 Å². The molecule has 0 saturated heterocycles. The third-order valence-corrected chi connectivity index (χ3v) is 2.99. The summed E-state index contributed by atoms with van der Waals surface area (Å²) in [6.07, 6.45) is 1.30. The topological polar surface area (TPSA) is 80.9 Å². The summed E-state index contributed by atoms with van der Waals surface area (Å²) in [6, 6.07) is 5.76. The summed E-state index contributed by atoms with van der Waals surface area (Å²) >= 11 is 0. The van der Waals surface area contributed by atoms with E-state index in [0.29, 0.717) is 6.42 Å². The van der Waals surface area contributed by atoms with Crippen LogP contribution in [0.2, 0.25) is 0 Å². The second-order valence-electron chi connectivity index (χ2n) is 4.47. The average Bonchev–Trinajstić information content (AvgIpc) is 2.87. The monoisotopic (exact) mass is 278 g/mol. The van der Waals surface area contributed by atoms with Crippen molar-refractivity contribution in [3.8, 4) is 11.4 Å². The molecule has 1 heterocycles. The number of tetrazole rings is 1. The van der Waals surface area contributed by atoms with Crippen LogP contribution < -0.4 is 0 Å². The molecule has 2 rings (SSSR count). The molecule has 1 unspecified atom stereocenters. The van der Waals surface area contributed by atoms with Gasteiger partial charge in [-0.2, -0.15) is 0 Å². The van der Waals surface area contributed by atoms with E-state index in [2.05, 4.69) is 15.5 Å². The molecule has 7 heteroatoms. The molecular formula is C13H15FN4O2. The lowest BCUT2D eigenvalue weighted by Crippen LogP contribution is -2.16. The van der Waals surface area contributed by atoms with Crippen LogP contribution in [0.4, 0.5) is 4.39 Å². The Hall–Kier alpha value is -2.31. The fourth-order valence-corrected chi connectivity index (χ4v) is 2.11. The highest BCUT2D eigenvalue weighted by Crippen LogP contribution is 2.25. The second-order valence-corrected chi connectivity index (χ2v) is 4.47. The van der Waals surface area contributed by atoms with E-state index in [1.807, 2.05) is 6.92 Å². The molecule has 0 fully saturated rings. The highest BCUT2D eigenvalue weighted by Gasteiger charge is 2.21. The molecule has 20 heavy (non-hydrogen) atoms. The first-order valence-electron chi connectivity index (χ1n) is 6.38. The highest BCUT2D eigenvalue weighted by atomic mass is 19.1. The molecule has 1 atom stereocenters. The molecule has 1 aromatic heterocycles. The summed E-state index contributed by atoms with van der Waals surface area (Å²) in [5, 5.41) is 20.2. The van der Waals surface area contributed by atoms with E-state index in [1.54, 1.807) is 18.2 Å². The molecule has 0 aliphatic heterocycles. The first-order chi connectivity index (χ1) is 9.63. The number of aromatic nitrogens is 4. The van der Waals surface area contributed by atoms with Gasteiger partial charge in [0.15, 0.2) is 5.82 Å². The van der Waals surface area contributed by atoms with Crippen LogP contribution in [0.15, 0.2) is 24.3 Å². The molecular weight excluding hydrogens is 263 g/mol. The Bertz CT molecular complexity index is 600. The van der Waals surface area contributed by atoms with Crippen LogP contribution in [0.3, 0.4) is 0 Å². The summed E-state index contributed by atoms with van der Waals surface area (Å²) in [5.74, 6) is -1.12. The predicted octanol–water partition coefficient (Wildman–Crippen LogP) is 2.30. The van der Waals surface area contributed by atoms with Gasteiger partial charge in [0, 0.05) is 0 Å². The Morgan fingerprint density at radius 1 is 1.45 bits per heavy atom. The fraction of sp³-hybridized carbons (Fsp3) is 0.385. The van der Waals surface area contributed by atoms with Gasteiger partial charge < -0.3 is 5.11 Å². The van der Waals surface area contributed by atoms with E-state index >= 15 is 0 Å². The number of benzene rings is 1. The SMILES string of the molecule is CCCC(CC(=O)O)n1nnnc1-c1ccccc1F. The van der Waals surface area contributed by atoms with Crippen LogP contribution in [-0.2, 0) is 4.79 Å². The molecule has 0 amide bonds. The van der Waals surface area contributed by atoms with Gasteiger partial charge in [0.2, 0.25) is 0 Å². The van der Waals surface area contributed by atoms with Gasteiger partial charge in [-0.05, 0) is 29.0 Å². The molecule has 0 saturated carbocycles. The highest BCUT2D eigenvalue weighted by molar-refractivity contribution is 5.67. The van der Waals surface area contributed by atoms with Crippen molar-refractivity contribution in [2.75, 3.05) is 0 Å². The zero-order chi connectivity index (χ0) is 14.5. The van der Waals surface area contributed by atoms with Crippen molar-refractivity contribution in [1.82, 2.24) is 20.2 Å². The first kappa shape index (κ1) is 14.1. The van der Waals surface area contributed by atoms with Gasteiger partial charge in [0.25, 0.3) is 0 Å². The molecule has 0 spiro atoms. The molecule has 106 valence electrons. The minimum Gasteiger partial charge on any atom is -0.481 e. The molecule has 0 aliphatic rings. The van der Waals surface area contributed by atoms with Crippen molar-refractivity contribution >= 4 is 5.97 Å². The van der Waals surface area contributed by atoms with E-state index < -0.39 is 11.8 Å². The number of carboxylic acid groups (broad SMARTS) is 1. The molecule has 6 nitrogen and oxygen atoms in total. The van der Waals surface area contributed by atoms with Crippen LogP contribution in [0.1, 0.15) is 32.2 Å². The number of carbonyl (C=O) groups is 1. The van der Waals surface area contributed by atoms with Gasteiger partial charge in [-0.1, -0.05) is 25.5 Å². The van der Waals surface area contributed by atoms with Crippen molar-refractivity contribution < 1.29 is 14.3 Å². The Morgan fingerprint density at radius 3 is 2.85 bits per heavy atom. The zero-order valence-electron chi connectivity index (χ0n) is 11.0. The molecule has 0 bridgehead atoms. The third kappa shape index (κ3) is 2.98. The Morgan fingerprint density at radius 2 is 2.20 bits per heavy atom. The van der Waals surface area contributed by atoms with Gasteiger partial charge in [0.05, 0.1) is 18.0 Å². The van der Waals surface area contributed by atoms with Crippen molar-refractivity contribution in [3.63, 3.8) is 0 Å². The van der Waals surface area contributed by atoms with Gasteiger partial charge in [-0.15, -0.1) is 5.10 Å².